The molecular formula is C16H22N2O2. The molecule has 2 N–H and O–H groups in total. The predicted octanol–water partition coefficient (Wildman–Crippen LogP) is 1.82. The molecule has 1 saturated heterocycles. The first-order valence-corrected chi connectivity index (χ1v) is 7.46. The molecule has 2 aliphatic rings. The van der Waals surface area contributed by atoms with Gasteiger partial charge in [-0.1, -0.05) is 0 Å². The number of piperidine rings is 1. The fourth-order valence-corrected chi connectivity index (χ4v) is 3.13. The van der Waals surface area contributed by atoms with Crippen LogP contribution >= 0.6 is 0 Å². The molecule has 0 spiro atoms. The molecule has 0 radical (unpaired) electrons. The maximum Gasteiger partial charge on any atom is 0.253 e. The Morgan fingerprint density at radius 1 is 1.40 bits per heavy atom. The Bertz CT molecular complexity index is 505. The van der Waals surface area contributed by atoms with Gasteiger partial charge in [0.1, 0.15) is 5.75 Å². The fraction of sp³-hybridized carbons (Fsp3) is 0.562. The van der Waals surface area contributed by atoms with Crippen LogP contribution < -0.4 is 10.5 Å². The lowest BCUT2D eigenvalue weighted by Crippen LogP contribution is -2.42. The number of rotatable bonds is 2. The van der Waals surface area contributed by atoms with Crippen LogP contribution in [0.1, 0.15) is 35.7 Å². The first-order valence-electron chi connectivity index (χ1n) is 7.46. The Balaban J connectivity index is 1.68. The lowest BCUT2D eigenvalue weighted by molar-refractivity contribution is 0.0681. The quantitative estimate of drug-likeness (QED) is 0.895. The van der Waals surface area contributed by atoms with Crippen molar-refractivity contribution in [2.45, 2.75) is 32.2 Å². The molecule has 1 amide bonds. The standard InChI is InChI=1S/C16H22N2O2/c1-11(17)12-4-7-18(8-5-12)16(19)14-2-3-15-13(10-14)6-9-20-15/h2-3,10-12H,4-9,17H2,1H3. The lowest BCUT2D eigenvalue weighted by atomic mass is 9.90. The molecule has 0 aromatic heterocycles. The third-order valence-corrected chi connectivity index (χ3v) is 4.51. The molecule has 1 atom stereocenters. The Kier molecular flexibility index (Phi) is 3.66. The van der Waals surface area contributed by atoms with Crippen molar-refractivity contribution in [3.05, 3.63) is 29.3 Å². The van der Waals surface area contributed by atoms with Crippen molar-refractivity contribution >= 4 is 5.91 Å². The number of hydrogen-bond donors (Lipinski definition) is 1. The summed E-state index contributed by atoms with van der Waals surface area (Å²) in [5.41, 5.74) is 7.88. The molecule has 1 fully saturated rings. The van der Waals surface area contributed by atoms with Gasteiger partial charge in [-0.15, -0.1) is 0 Å². The second-order valence-corrected chi connectivity index (χ2v) is 5.91. The number of benzene rings is 1. The van der Waals surface area contributed by atoms with Crippen molar-refractivity contribution in [1.82, 2.24) is 4.90 Å². The number of nitrogens with zero attached hydrogens (tertiary/aromatic N) is 1. The molecule has 2 aliphatic heterocycles. The highest BCUT2D eigenvalue weighted by Crippen LogP contribution is 2.27. The van der Waals surface area contributed by atoms with Crippen LogP contribution in [0.4, 0.5) is 0 Å². The first kappa shape index (κ1) is 13.4. The molecule has 20 heavy (non-hydrogen) atoms. The molecule has 0 aliphatic carbocycles. The predicted molar refractivity (Wildman–Crippen MR) is 77.9 cm³/mol. The van der Waals surface area contributed by atoms with Gasteiger partial charge in [0.25, 0.3) is 5.91 Å². The maximum absolute atomic E-state index is 12.5. The second kappa shape index (κ2) is 5.44. The molecule has 1 aromatic carbocycles. The number of nitrogens with two attached hydrogens (primary N) is 1. The summed E-state index contributed by atoms with van der Waals surface area (Å²) < 4.78 is 5.48. The van der Waals surface area contributed by atoms with E-state index in [-0.39, 0.29) is 11.9 Å². The fourth-order valence-electron chi connectivity index (χ4n) is 3.13. The summed E-state index contributed by atoms with van der Waals surface area (Å²) in [5, 5.41) is 0. The summed E-state index contributed by atoms with van der Waals surface area (Å²) in [6, 6.07) is 6.01. The monoisotopic (exact) mass is 274 g/mol. The van der Waals surface area contributed by atoms with Crippen LogP contribution in [0.25, 0.3) is 0 Å². The molecular weight excluding hydrogens is 252 g/mol. The van der Waals surface area contributed by atoms with E-state index in [1.54, 1.807) is 0 Å². The molecule has 2 heterocycles. The van der Waals surface area contributed by atoms with Crippen molar-refractivity contribution in [3.63, 3.8) is 0 Å². The van der Waals surface area contributed by atoms with Crippen LogP contribution in [0.15, 0.2) is 18.2 Å². The van der Waals surface area contributed by atoms with Gasteiger partial charge in [-0.2, -0.15) is 0 Å². The normalized spacial score (nSPS) is 20.4. The molecule has 1 aromatic rings. The SMILES string of the molecule is CC(N)C1CCN(C(=O)c2ccc3c(c2)CCO3)CC1. The average Bonchev–Trinajstić information content (AvgIpc) is 2.94. The van der Waals surface area contributed by atoms with E-state index < -0.39 is 0 Å². The number of fused-ring (bicyclic) bond motifs is 1. The van der Waals surface area contributed by atoms with E-state index >= 15 is 0 Å². The molecule has 108 valence electrons. The summed E-state index contributed by atoms with van der Waals surface area (Å²) >= 11 is 0. The van der Waals surface area contributed by atoms with Crippen molar-refractivity contribution < 1.29 is 9.53 Å². The van der Waals surface area contributed by atoms with Crippen molar-refractivity contribution in [2.75, 3.05) is 19.7 Å². The van der Waals surface area contributed by atoms with Crippen LogP contribution in [0, 0.1) is 5.92 Å². The summed E-state index contributed by atoms with van der Waals surface area (Å²) in [7, 11) is 0. The average molecular weight is 274 g/mol. The summed E-state index contributed by atoms with van der Waals surface area (Å²) in [6.07, 6.45) is 2.93. The number of hydrogen-bond acceptors (Lipinski definition) is 3. The van der Waals surface area contributed by atoms with Crippen molar-refractivity contribution in [1.29, 1.82) is 0 Å². The summed E-state index contributed by atoms with van der Waals surface area (Å²) in [6.45, 7) is 4.42. The third kappa shape index (κ3) is 2.52. The van der Waals surface area contributed by atoms with Crippen molar-refractivity contribution in [2.24, 2.45) is 11.7 Å². The van der Waals surface area contributed by atoms with Gasteiger partial charge in [0.05, 0.1) is 6.61 Å². The smallest absolute Gasteiger partial charge is 0.253 e. The van der Waals surface area contributed by atoms with Gasteiger partial charge in [0.2, 0.25) is 0 Å². The maximum atomic E-state index is 12.5. The molecule has 3 rings (SSSR count). The first-order chi connectivity index (χ1) is 9.65. The van der Waals surface area contributed by atoms with Gasteiger partial charge >= 0.3 is 0 Å². The highest BCUT2D eigenvalue weighted by Gasteiger charge is 2.26. The van der Waals surface area contributed by atoms with E-state index in [0.717, 1.165) is 55.8 Å². The Morgan fingerprint density at radius 2 is 2.15 bits per heavy atom. The van der Waals surface area contributed by atoms with Crippen LogP contribution in [0.2, 0.25) is 0 Å². The molecule has 0 bridgehead atoms. The van der Waals surface area contributed by atoms with Gasteiger partial charge in [-0.25, -0.2) is 0 Å². The van der Waals surface area contributed by atoms with E-state index in [1.165, 1.54) is 0 Å². The largest absolute Gasteiger partial charge is 0.493 e. The van der Waals surface area contributed by atoms with E-state index in [2.05, 4.69) is 6.92 Å². The molecule has 0 saturated carbocycles. The zero-order valence-electron chi connectivity index (χ0n) is 12.0. The minimum Gasteiger partial charge on any atom is -0.493 e. The number of ether oxygens (including phenoxy) is 1. The van der Waals surface area contributed by atoms with Crippen LogP contribution in [0.5, 0.6) is 5.75 Å². The zero-order valence-corrected chi connectivity index (χ0v) is 12.0. The highest BCUT2D eigenvalue weighted by molar-refractivity contribution is 5.94. The minimum atomic E-state index is 0.142. The van der Waals surface area contributed by atoms with Gasteiger partial charge < -0.3 is 15.4 Å². The summed E-state index contributed by atoms with van der Waals surface area (Å²) in [4.78, 5) is 14.5. The topological polar surface area (TPSA) is 55.6 Å². The van der Waals surface area contributed by atoms with Gasteiger partial charge in [-0.3, -0.25) is 4.79 Å². The lowest BCUT2D eigenvalue weighted by Gasteiger charge is -2.33. The molecule has 4 heteroatoms. The summed E-state index contributed by atoms with van der Waals surface area (Å²) in [5.74, 6) is 1.62. The van der Waals surface area contributed by atoms with Crippen molar-refractivity contribution in [3.8, 4) is 5.75 Å². The number of likely N-dealkylation sites (tertiary alicyclic amines) is 1. The van der Waals surface area contributed by atoms with Gasteiger partial charge in [0.15, 0.2) is 0 Å². The number of amides is 1. The van der Waals surface area contributed by atoms with E-state index in [4.69, 9.17) is 10.5 Å². The van der Waals surface area contributed by atoms with E-state index in [1.807, 2.05) is 23.1 Å². The highest BCUT2D eigenvalue weighted by atomic mass is 16.5. The Morgan fingerprint density at radius 3 is 2.85 bits per heavy atom. The van der Waals surface area contributed by atoms with Gasteiger partial charge in [0, 0.05) is 31.1 Å². The van der Waals surface area contributed by atoms with Crippen LogP contribution in [-0.4, -0.2) is 36.5 Å². The molecule has 4 nitrogen and oxygen atoms in total. The van der Waals surface area contributed by atoms with Crippen LogP contribution in [-0.2, 0) is 6.42 Å². The Hall–Kier alpha value is -1.55. The second-order valence-electron chi connectivity index (χ2n) is 5.91. The third-order valence-electron chi connectivity index (χ3n) is 4.51. The van der Waals surface area contributed by atoms with E-state index in [9.17, 15) is 4.79 Å². The zero-order chi connectivity index (χ0) is 14.1. The van der Waals surface area contributed by atoms with E-state index in [0.29, 0.717) is 5.92 Å². The molecule has 1 unspecified atom stereocenters. The number of carbonyl (C=O) groups is 1. The Labute approximate surface area is 119 Å². The van der Waals surface area contributed by atoms with Gasteiger partial charge in [-0.05, 0) is 49.4 Å². The minimum absolute atomic E-state index is 0.142. The van der Waals surface area contributed by atoms with Crippen LogP contribution in [0.3, 0.4) is 0 Å². The number of carbonyl (C=O) groups excluding carboxylic acids is 1.